The molecule has 0 bridgehead atoms. The van der Waals surface area contributed by atoms with Gasteiger partial charge in [0, 0.05) is 17.5 Å². The molecule has 0 radical (unpaired) electrons. The zero-order valence-corrected chi connectivity index (χ0v) is 19.6. The molecule has 34 heavy (non-hydrogen) atoms. The van der Waals surface area contributed by atoms with E-state index in [4.69, 9.17) is 9.72 Å². The zero-order chi connectivity index (χ0) is 23.7. The maximum Gasteiger partial charge on any atom is 0.266 e. The van der Waals surface area contributed by atoms with E-state index >= 15 is 0 Å². The highest BCUT2D eigenvalue weighted by Gasteiger charge is 2.14. The summed E-state index contributed by atoms with van der Waals surface area (Å²) in [4.78, 5) is 35.5. The van der Waals surface area contributed by atoms with Gasteiger partial charge < -0.3 is 4.74 Å². The van der Waals surface area contributed by atoms with Gasteiger partial charge in [-0.2, -0.15) is 0 Å². The Kier molecular flexibility index (Phi) is 5.90. The number of aromatic nitrogens is 4. The minimum absolute atomic E-state index is 0.130. The summed E-state index contributed by atoms with van der Waals surface area (Å²) in [5.41, 5.74) is 3.08. The summed E-state index contributed by atoms with van der Waals surface area (Å²) in [5.74, 6) is 1.12. The van der Waals surface area contributed by atoms with Gasteiger partial charge >= 0.3 is 0 Å². The second-order valence-corrected chi connectivity index (χ2v) is 8.66. The second-order valence-electron chi connectivity index (χ2n) is 7.71. The maximum absolute atomic E-state index is 13.4. The van der Waals surface area contributed by atoms with E-state index in [1.807, 2.05) is 74.5 Å². The van der Waals surface area contributed by atoms with E-state index in [9.17, 15) is 9.59 Å². The molecular formula is C26H22N4O3S. The Morgan fingerprint density at radius 2 is 1.74 bits per heavy atom. The van der Waals surface area contributed by atoms with Crippen molar-refractivity contribution >= 4 is 28.3 Å². The van der Waals surface area contributed by atoms with Crippen molar-refractivity contribution in [3.05, 3.63) is 105 Å². The number of rotatable bonds is 6. The van der Waals surface area contributed by atoms with Crippen LogP contribution in [0.2, 0.25) is 0 Å². The standard InChI is InChI=1S/C26H22N4O3S/c1-3-33-20-13-11-19(12-14-20)30-25(32)21-8-4-5-9-22(21)28-26(30)34-16-18-15-24(31)29-17(2)7-6-10-23(29)27-18/h4-15H,3,16H2,1-2H3. The first-order valence-electron chi connectivity index (χ1n) is 10.9. The van der Waals surface area contributed by atoms with Crippen molar-refractivity contribution in [3.63, 3.8) is 0 Å². The van der Waals surface area contributed by atoms with Gasteiger partial charge in [-0.3, -0.25) is 18.6 Å². The summed E-state index contributed by atoms with van der Waals surface area (Å²) in [7, 11) is 0. The molecule has 3 heterocycles. The summed E-state index contributed by atoms with van der Waals surface area (Å²) < 4.78 is 8.72. The third kappa shape index (κ3) is 4.08. The molecule has 0 unspecified atom stereocenters. The number of hydrogen-bond donors (Lipinski definition) is 0. The molecular weight excluding hydrogens is 448 g/mol. The van der Waals surface area contributed by atoms with Crippen LogP contribution in [-0.2, 0) is 5.75 Å². The van der Waals surface area contributed by atoms with Crippen LogP contribution in [0.15, 0.2) is 87.5 Å². The van der Waals surface area contributed by atoms with E-state index in [1.54, 1.807) is 15.0 Å². The summed E-state index contributed by atoms with van der Waals surface area (Å²) >= 11 is 1.37. The fraction of sp³-hybridized carbons (Fsp3) is 0.154. The first-order chi connectivity index (χ1) is 16.5. The molecule has 0 spiro atoms. The summed E-state index contributed by atoms with van der Waals surface area (Å²) in [6.07, 6.45) is 0. The molecule has 0 aliphatic rings. The lowest BCUT2D eigenvalue weighted by Crippen LogP contribution is -2.22. The SMILES string of the molecule is CCOc1ccc(-n2c(SCc3cc(=O)n4c(C)cccc4n3)nc3ccccc3c2=O)cc1. The lowest BCUT2D eigenvalue weighted by atomic mass is 10.2. The van der Waals surface area contributed by atoms with Gasteiger partial charge in [-0.25, -0.2) is 9.97 Å². The topological polar surface area (TPSA) is 78.5 Å². The Bertz CT molecular complexity index is 1620. The maximum atomic E-state index is 13.4. The molecule has 170 valence electrons. The Labute approximate surface area is 199 Å². The predicted octanol–water partition coefficient (Wildman–Crippen LogP) is 4.39. The van der Waals surface area contributed by atoms with Gasteiger partial charge in [-0.1, -0.05) is 30.0 Å². The lowest BCUT2D eigenvalue weighted by molar-refractivity contribution is 0.340. The van der Waals surface area contributed by atoms with Gasteiger partial charge in [0.2, 0.25) is 0 Å². The molecule has 0 atom stereocenters. The summed E-state index contributed by atoms with van der Waals surface area (Å²) in [5, 5.41) is 1.07. The Morgan fingerprint density at radius 1 is 0.941 bits per heavy atom. The van der Waals surface area contributed by atoms with Crippen molar-refractivity contribution in [3.8, 4) is 11.4 Å². The summed E-state index contributed by atoms with van der Waals surface area (Å²) in [6.45, 7) is 4.36. The van der Waals surface area contributed by atoms with Crippen LogP contribution in [0, 0.1) is 6.92 Å². The minimum Gasteiger partial charge on any atom is -0.494 e. The van der Waals surface area contributed by atoms with Gasteiger partial charge in [-0.05, 0) is 62.4 Å². The van der Waals surface area contributed by atoms with Crippen molar-refractivity contribution in [1.29, 1.82) is 0 Å². The van der Waals surface area contributed by atoms with Crippen molar-refractivity contribution in [2.45, 2.75) is 24.8 Å². The predicted molar refractivity (Wildman–Crippen MR) is 134 cm³/mol. The van der Waals surface area contributed by atoms with Gasteiger partial charge in [0.05, 0.1) is 28.9 Å². The van der Waals surface area contributed by atoms with Crippen LogP contribution in [-0.4, -0.2) is 25.5 Å². The third-order valence-electron chi connectivity index (χ3n) is 5.43. The largest absolute Gasteiger partial charge is 0.494 e. The van der Waals surface area contributed by atoms with Crippen molar-refractivity contribution < 1.29 is 4.74 Å². The second kappa shape index (κ2) is 9.15. The van der Waals surface area contributed by atoms with Crippen molar-refractivity contribution in [2.75, 3.05) is 6.61 Å². The average molecular weight is 471 g/mol. The number of nitrogens with zero attached hydrogens (tertiary/aromatic N) is 4. The molecule has 0 N–H and O–H groups in total. The number of benzene rings is 2. The number of thioether (sulfide) groups is 1. The third-order valence-corrected chi connectivity index (χ3v) is 6.41. The highest BCUT2D eigenvalue weighted by Crippen LogP contribution is 2.25. The van der Waals surface area contributed by atoms with E-state index in [0.29, 0.717) is 45.4 Å². The highest BCUT2D eigenvalue weighted by atomic mass is 32.2. The fourth-order valence-electron chi connectivity index (χ4n) is 3.87. The first kappa shape index (κ1) is 21.9. The molecule has 0 saturated carbocycles. The molecule has 5 aromatic rings. The van der Waals surface area contributed by atoms with E-state index in [-0.39, 0.29) is 11.1 Å². The number of para-hydroxylation sites is 1. The number of hydrogen-bond acceptors (Lipinski definition) is 6. The van der Waals surface area contributed by atoms with E-state index in [2.05, 4.69) is 4.98 Å². The van der Waals surface area contributed by atoms with Gasteiger partial charge in [0.25, 0.3) is 11.1 Å². The van der Waals surface area contributed by atoms with Crippen LogP contribution in [0.1, 0.15) is 18.3 Å². The number of aryl methyl sites for hydroxylation is 1. The molecule has 0 amide bonds. The van der Waals surface area contributed by atoms with Crippen LogP contribution in [0.25, 0.3) is 22.2 Å². The van der Waals surface area contributed by atoms with Crippen LogP contribution in [0.5, 0.6) is 5.75 Å². The molecule has 5 rings (SSSR count). The van der Waals surface area contributed by atoms with Crippen LogP contribution < -0.4 is 15.9 Å². The van der Waals surface area contributed by atoms with Crippen molar-refractivity contribution in [2.24, 2.45) is 0 Å². The molecule has 0 aliphatic heterocycles. The van der Waals surface area contributed by atoms with Crippen LogP contribution in [0.4, 0.5) is 0 Å². The zero-order valence-electron chi connectivity index (χ0n) is 18.8. The lowest BCUT2D eigenvalue weighted by Gasteiger charge is -2.14. The van der Waals surface area contributed by atoms with Crippen molar-refractivity contribution in [1.82, 2.24) is 18.9 Å². The Balaban J connectivity index is 1.57. The van der Waals surface area contributed by atoms with Crippen LogP contribution in [0.3, 0.4) is 0 Å². The molecule has 7 nitrogen and oxygen atoms in total. The normalized spacial score (nSPS) is 11.2. The minimum atomic E-state index is -0.153. The smallest absolute Gasteiger partial charge is 0.266 e. The van der Waals surface area contributed by atoms with Gasteiger partial charge in [0.1, 0.15) is 11.4 Å². The molecule has 3 aromatic heterocycles. The molecule has 2 aromatic carbocycles. The van der Waals surface area contributed by atoms with E-state index in [0.717, 1.165) is 11.4 Å². The quantitative estimate of drug-likeness (QED) is 0.271. The molecule has 0 fully saturated rings. The Hall–Kier alpha value is -3.91. The highest BCUT2D eigenvalue weighted by molar-refractivity contribution is 7.98. The number of fused-ring (bicyclic) bond motifs is 2. The number of pyridine rings is 1. The fourth-order valence-corrected chi connectivity index (χ4v) is 4.78. The monoisotopic (exact) mass is 470 g/mol. The Morgan fingerprint density at radius 3 is 2.53 bits per heavy atom. The molecule has 0 aliphatic carbocycles. The van der Waals surface area contributed by atoms with E-state index in [1.165, 1.54) is 17.8 Å². The summed E-state index contributed by atoms with van der Waals surface area (Å²) in [6, 6.07) is 21.7. The average Bonchev–Trinajstić information content (AvgIpc) is 2.84. The van der Waals surface area contributed by atoms with Crippen LogP contribution >= 0.6 is 11.8 Å². The first-order valence-corrected chi connectivity index (χ1v) is 11.9. The van der Waals surface area contributed by atoms with Gasteiger partial charge in [-0.15, -0.1) is 0 Å². The molecule has 8 heteroatoms. The molecule has 0 saturated heterocycles. The number of ether oxygens (including phenoxy) is 1. The van der Waals surface area contributed by atoms with E-state index < -0.39 is 0 Å². The van der Waals surface area contributed by atoms with Gasteiger partial charge in [0.15, 0.2) is 5.16 Å².